The van der Waals surface area contributed by atoms with Crippen LogP contribution >= 0.6 is 0 Å². The molecule has 1 atom stereocenters. The van der Waals surface area contributed by atoms with Crippen molar-refractivity contribution in [3.8, 4) is 0 Å². The van der Waals surface area contributed by atoms with Gasteiger partial charge in [0.25, 0.3) is 0 Å². The van der Waals surface area contributed by atoms with Crippen molar-refractivity contribution < 1.29 is 34.1 Å². The number of aliphatic hydroxyl groups is 1. The molecule has 0 aliphatic rings. The Kier molecular flexibility index (Phi) is 9.43. The Morgan fingerprint density at radius 3 is 2.29 bits per heavy atom. The van der Waals surface area contributed by atoms with Gasteiger partial charge in [-0.25, -0.2) is 0 Å². The molecule has 0 aromatic carbocycles. The summed E-state index contributed by atoms with van der Waals surface area (Å²) in [6.45, 7) is 7.65. The molecular weight excluding hydrogens is 233 g/mol. The van der Waals surface area contributed by atoms with E-state index in [-0.39, 0.29) is 36.9 Å². The molecule has 0 aromatic heterocycles. The van der Waals surface area contributed by atoms with E-state index in [2.05, 4.69) is 0 Å². The van der Waals surface area contributed by atoms with E-state index in [0.29, 0.717) is 6.61 Å². The fraction of sp³-hybridized carbons (Fsp3) is 0.700. The van der Waals surface area contributed by atoms with Gasteiger partial charge in [0.15, 0.2) is 5.78 Å². The summed E-state index contributed by atoms with van der Waals surface area (Å²) in [6.07, 6.45) is 0.845. The maximum Gasteiger partial charge on any atom is 0.161 e. The second-order valence-corrected chi connectivity index (χ2v) is 3.22. The van der Waals surface area contributed by atoms with Crippen molar-refractivity contribution in [2.45, 2.75) is 33.8 Å². The number of aliphatic hydroxyl groups excluding tert-OH is 1. The van der Waals surface area contributed by atoms with Gasteiger partial charge < -0.3 is 9.84 Å². The van der Waals surface area contributed by atoms with Crippen molar-refractivity contribution in [3.63, 3.8) is 0 Å². The van der Waals surface area contributed by atoms with E-state index in [0.717, 1.165) is 0 Å². The Balaban J connectivity index is 0. The molecule has 0 fully saturated rings. The average molecular weight is 252 g/mol. The van der Waals surface area contributed by atoms with Crippen LogP contribution in [-0.4, -0.2) is 23.6 Å². The molecule has 0 spiro atoms. The monoisotopic (exact) mass is 250 g/mol. The van der Waals surface area contributed by atoms with Gasteiger partial charge in [-0.3, -0.25) is 4.79 Å². The zero-order chi connectivity index (χ0) is 10.4. The van der Waals surface area contributed by atoms with Crippen LogP contribution in [0.15, 0.2) is 11.8 Å². The summed E-state index contributed by atoms with van der Waals surface area (Å²) < 4.78 is 5.11. The first-order chi connectivity index (χ1) is 5.99. The van der Waals surface area contributed by atoms with Gasteiger partial charge in [-0.05, 0) is 13.8 Å². The molecule has 1 N–H and O–H groups in total. The summed E-state index contributed by atoms with van der Waals surface area (Å²) >= 11 is 0. The molecule has 4 heteroatoms. The number of rotatable bonds is 5. The van der Waals surface area contributed by atoms with Crippen LogP contribution in [-0.2, 0) is 29.0 Å². The second-order valence-electron chi connectivity index (χ2n) is 3.22. The molecular formula is C10H18O3Zn. The number of carbonyl (C=O) groups excluding carboxylic acids is 1. The molecule has 0 heterocycles. The summed E-state index contributed by atoms with van der Waals surface area (Å²) in [4.78, 5) is 11.2. The predicted molar refractivity (Wildman–Crippen MR) is 51.6 cm³/mol. The molecule has 1 unspecified atom stereocenters. The maximum absolute atomic E-state index is 11.2. The Hall–Kier alpha value is -0.207. The molecule has 0 aliphatic heterocycles. The Morgan fingerprint density at radius 2 is 1.93 bits per heavy atom. The van der Waals surface area contributed by atoms with E-state index in [1.165, 1.54) is 6.08 Å². The molecule has 14 heavy (non-hydrogen) atoms. The van der Waals surface area contributed by atoms with Crippen molar-refractivity contribution in [2.24, 2.45) is 5.92 Å². The molecule has 0 rings (SSSR count). The fourth-order valence-corrected chi connectivity index (χ4v) is 0.765. The molecule has 78 valence electrons. The maximum atomic E-state index is 11.2. The largest absolute Gasteiger partial charge is 0.509 e. The molecule has 0 aromatic rings. The first-order valence-corrected chi connectivity index (χ1v) is 4.55. The van der Waals surface area contributed by atoms with Gasteiger partial charge in [-0.1, -0.05) is 13.8 Å². The van der Waals surface area contributed by atoms with Crippen molar-refractivity contribution in [2.75, 3.05) is 6.61 Å². The fourth-order valence-electron chi connectivity index (χ4n) is 0.765. The number of ether oxygens (including phenoxy) is 1. The first-order valence-electron chi connectivity index (χ1n) is 4.55. The van der Waals surface area contributed by atoms with Crippen molar-refractivity contribution >= 4 is 5.78 Å². The molecule has 0 amide bonds. The van der Waals surface area contributed by atoms with Gasteiger partial charge in [0.1, 0.15) is 11.9 Å². The van der Waals surface area contributed by atoms with E-state index in [1.54, 1.807) is 20.8 Å². The molecule has 0 radical (unpaired) electrons. The van der Waals surface area contributed by atoms with E-state index < -0.39 is 6.10 Å². The quantitative estimate of drug-likeness (QED) is 0.462. The number of hydrogen-bond donors (Lipinski definition) is 1. The summed E-state index contributed by atoms with van der Waals surface area (Å²) in [5.74, 6) is -0.166. The minimum atomic E-state index is -0.396. The SMILES string of the molecule is CCOC(C)/C(O)=C/C(=O)C(C)C.[Zn]. The number of hydrogen-bond acceptors (Lipinski definition) is 3. The minimum Gasteiger partial charge on any atom is -0.509 e. The molecule has 3 nitrogen and oxygen atoms in total. The van der Waals surface area contributed by atoms with Crippen LogP contribution in [0, 0.1) is 5.92 Å². The van der Waals surface area contributed by atoms with Gasteiger partial charge in [0.05, 0.1) is 0 Å². The summed E-state index contributed by atoms with van der Waals surface area (Å²) in [6, 6.07) is 0. The van der Waals surface area contributed by atoms with Crippen molar-refractivity contribution in [1.29, 1.82) is 0 Å². The Morgan fingerprint density at radius 1 is 1.43 bits per heavy atom. The zero-order valence-corrected chi connectivity index (χ0v) is 12.4. The van der Waals surface area contributed by atoms with E-state index in [1.807, 2.05) is 6.92 Å². The second kappa shape index (κ2) is 8.13. The third-order valence-corrected chi connectivity index (χ3v) is 1.69. The van der Waals surface area contributed by atoms with Crippen LogP contribution in [0.25, 0.3) is 0 Å². The van der Waals surface area contributed by atoms with Crippen LogP contribution in [0.1, 0.15) is 27.7 Å². The van der Waals surface area contributed by atoms with E-state index >= 15 is 0 Å². The molecule has 0 aliphatic carbocycles. The number of carbonyl (C=O) groups is 1. The summed E-state index contributed by atoms with van der Waals surface area (Å²) in [5.41, 5.74) is 0. The standard InChI is InChI=1S/C10H18O3.Zn/c1-5-13-8(4)10(12)6-9(11)7(2)3;/h6-8,12H,5H2,1-4H3;/b10-6-;. The Labute approximate surface area is 98.3 Å². The van der Waals surface area contributed by atoms with Gasteiger partial charge >= 0.3 is 0 Å². The van der Waals surface area contributed by atoms with E-state index in [9.17, 15) is 9.90 Å². The van der Waals surface area contributed by atoms with Crippen LogP contribution in [0.2, 0.25) is 0 Å². The van der Waals surface area contributed by atoms with Crippen LogP contribution in [0.4, 0.5) is 0 Å². The van der Waals surface area contributed by atoms with Gasteiger partial charge in [-0.2, -0.15) is 0 Å². The van der Waals surface area contributed by atoms with Crippen LogP contribution < -0.4 is 0 Å². The molecule has 0 bridgehead atoms. The third-order valence-electron chi connectivity index (χ3n) is 1.69. The summed E-state index contributed by atoms with van der Waals surface area (Å²) in [5, 5.41) is 9.38. The average Bonchev–Trinajstić information content (AvgIpc) is 2.04. The van der Waals surface area contributed by atoms with Gasteiger partial charge in [0, 0.05) is 38.1 Å². The van der Waals surface area contributed by atoms with Crippen molar-refractivity contribution in [1.82, 2.24) is 0 Å². The van der Waals surface area contributed by atoms with Crippen LogP contribution in [0.5, 0.6) is 0 Å². The Bertz CT molecular complexity index is 200. The van der Waals surface area contributed by atoms with E-state index in [4.69, 9.17) is 4.74 Å². The van der Waals surface area contributed by atoms with Gasteiger partial charge in [-0.15, -0.1) is 0 Å². The minimum absolute atomic E-state index is 0. The van der Waals surface area contributed by atoms with Crippen LogP contribution in [0.3, 0.4) is 0 Å². The molecule has 0 saturated carbocycles. The van der Waals surface area contributed by atoms with Crippen molar-refractivity contribution in [3.05, 3.63) is 11.8 Å². The third kappa shape index (κ3) is 6.28. The predicted octanol–water partition coefficient (Wildman–Crippen LogP) is 2.08. The zero-order valence-electron chi connectivity index (χ0n) is 9.41. The smallest absolute Gasteiger partial charge is 0.161 e. The topological polar surface area (TPSA) is 46.5 Å². The normalized spacial score (nSPS) is 13.6. The number of allylic oxidation sites excluding steroid dienone is 1. The van der Waals surface area contributed by atoms with Gasteiger partial charge in [0.2, 0.25) is 0 Å². The molecule has 0 saturated heterocycles. The summed E-state index contributed by atoms with van der Waals surface area (Å²) in [7, 11) is 0. The first kappa shape index (κ1) is 16.2. The number of ketones is 1.